The highest BCUT2D eigenvalue weighted by Crippen LogP contribution is 2.24. The van der Waals surface area contributed by atoms with E-state index in [1.807, 2.05) is 30.5 Å². The van der Waals surface area contributed by atoms with Crippen LogP contribution in [0.25, 0.3) is 5.65 Å². The Bertz CT molecular complexity index is 1060. The minimum atomic E-state index is -0.389. The van der Waals surface area contributed by atoms with Crippen LogP contribution in [0.1, 0.15) is 20.9 Å². The number of nitrogens with zero attached hydrogens (tertiary/aromatic N) is 4. The Morgan fingerprint density at radius 2 is 2.26 bits per heavy atom. The molecular weight excluding hydrogens is 382 g/mol. The third kappa shape index (κ3) is 3.60. The Morgan fingerprint density at radius 3 is 2.96 bits per heavy atom. The standard InChI is InChI=1S/C18H17N5O2S2/c1-11-17(22(2)9-13-4-3-7-26-13)23-8-12(5-6-14(23)19-11)16(25)21-18-20-15(24)10-27-18/h3-8H,9-10H2,1-2H3,(H,20,21,24,25). The van der Waals surface area contributed by atoms with Gasteiger partial charge in [0.05, 0.1) is 23.6 Å². The van der Waals surface area contributed by atoms with E-state index in [1.165, 1.54) is 16.6 Å². The maximum Gasteiger partial charge on any atom is 0.280 e. The second-order valence-electron chi connectivity index (χ2n) is 6.16. The van der Waals surface area contributed by atoms with E-state index in [4.69, 9.17) is 0 Å². The summed E-state index contributed by atoms with van der Waals surface area (Å²) in [5.74, 6) is 0.706. The summed E-state index contributed by atoms with van der Waals surface area (Å²) < 4.78 is 1.91. The molecule has 4 rings (SSSR count). The topological polar surface area (TPSA) is 79.1 Å². The molecule has 9 heteroatoms. The van der Waals surface area contributed by atoms with Gasteiger partial charge in [-0.05, 0) is 30.5 Å². The van der Waals surface area contributed by atoms with Gasteiger partial charge in [0, 0.05) is 18.1 Å². The van der Waals surface area contributed by atoms with Crippen LogP contribution < -0.4 is 10.2 Å². The van der Waals surface area contributed by atoms with Crippen LogP contribution >= 0.6 is 23.1 Å². The second-order valence-corrected chi connectivity index (χ2v) is 8.16. The van der Waals surface area contributed by atoms with Gasteiger partial charge in [0.2, 0.25) is 5.91 Å². The molecule has 1 aliphatic rings. The number of rotatable bonds is 4. The summed E-state index contributed by atoms with van der Waals surface area (Å²) in [6, 6.07) is 7.64. The molecule has 0 radical (unpaired) electrons. The van der Waals surface area contributed by atoms with E-state index in [0.717, 1.165) is 23.7 Å². The number of amides is 2. The average molecular weight is 400 g/mol. The Balaban J connectivity index is 1.67. The fourth-order valence-corrected chi connectivity index (χ4v) is 4.42. The minimum absolute atomic E-state index is 0.135. The summed E-state index contributed by atoms with van der Waals surface area (Å²) in [6.45, 7) is 2.72. The predicted octanol–water partition coefficient (Wildman–Crippen LogP) is 2.70. The molecule has 138 valence electrons. The van der Waals surface area contributed by atoms with Crippen molar-refractivity contribution in [3.63, 3.8) is 0 Å². The molecule has 3 aromatic rings. The van der Waals surface area contributed by atoms with Gasteiger partial charge in [0.15, 0.2) is 5.17 Å². The first-order valence-corrected chi connectivity index (χ1v) is 10.2. The van der Waals surface area contributed by atoms with Crippen molar-refractivity contribution in [2.45, 2.75) is 13.5 Å². The number of thiophene rings is 1. The third-order valence-electron chi connectivity index (χ3n) is 4.13. The molecule has 0 saturated carbocycles. The summed E-state index contributed by atoms with van der Waals surface area (Å²) in [6.07, 6.45) is 1.75. The highest BCUT2D eigenvalue weighted by atomic mass is 32.2. The van der Waals surface area contributed by atoms with Gasteiger partial charge in [-0.25, -0.2) is 4.98 Å². The molecule has 2 amide bonds. The molecule has 4 heterocycles. The molecule has 0 bridgehead atoms. The number of pyridine rings is 1. The molecule has 0 spiro atoms. The monoisotopic (exact) mass is 399 g/mol. The molecule has 3 aromatic heterocycles. The van der Waals surface area contributed by atoms with Gasteiger partial charge < -0.3 is 10.2 Å². The van der Waals surface area contributed by atoms with Crippen molar-refractivity contribution < 1.29 is 9.59 Å². The number of thioether (sulfide) groups is 1. The van der Waals surface area contributed by atoms with Crippen molar-refractivity contribution in [1.29, 1.82) is 0 Å². The third-order valence-corrected chi connectivity index (χ3v) is 5.87. The first-order chi connectivity index (χ1) is 13.0. The molecule has 0 unspecified atom stereocenters. The zero-order valence-corrected chi connectivity index (χ0v) is 16.4. The maximum absolute atomic E-state index is 12.5. The summed E-state index contributed by atoms with van der Waals surface area (Å²) in [5.41, 5.74) is 2.11. The largest absolute Gasteiger partial charge is 0.354 e. The lowest BCUT2D eigenvalue weighted by Gasteiger charge is -2.19. The van der Waals surface area contributed by atoms with E-state index in [9.17, 15) is 9.59 Å². The SMILES string of the molecule is Cc1nc2ccc(C(=O)N=C3NC(=O)CS3)cn2c1N(C)Cc1cccs1. The fraction of sp³-hybridized carbons (Fsp3) is 0.222. The van der Waals surface area contributed by atoms with Crippen LogP contribution in [-0.2, 0) is 11.3 Å². The van der Waals surface area contributed by atoms with Crippen molar-refractivity contribution in [2.24, 2.45) is 4.99 Å². The zero-order chi connectivity index (χ0) is 19.0. The van der Waals surface area contributed by atoms with Crippen LogP contribution in [-0.4, -0.2) is 39.2 Å². The molecule has 1 N–H and O–H groups in total. The van der Waals surface area contributed by atoms with Gasteiger partial charge in [0.25, 0.3) is 5.91 Å². The Labute approximate surface area is 164 Å². The highest BCUT2D eigenvalue weighted by molar-refractivity contribution is 8.15. The zero-order valence-electron chi connectivity index (χ0n) is 14.8. The number of aliphatic imine (C=N–C) groups is 1. The van der Waals surface area contributed by atoms with Crippen LogP contribution in [0, 0.1) is 6.92 Å². The maximum atomic E-state index is 12.5. The number of amidine groups is 1. The number of fused-ring (bicyclic) bond motifs is 1. The number of imidazole rings is 1. The van der Waals surface area contributed by atoms with Gasteiger partial charge in [-0.2, -0.15) is 4.99 Å². The lowest BCUT2D eigenvalue weighted by Crippen LogP contribution is -2.21. The number of hydrogen-bond acceptors (Lipinski definition) is 6. The Kier molecular flexibility index (Phi) is 4.71. The van der Waals surface area contributed by atoms with Crippen molar-refractivity contribution in [3.8, 4) is 0 Å². The molecule has 0 aromatic carbocycles. The van der Waals surface area contributed by atoms with Crippen molar-refractivity contribution in [3.05, 3.63) is 52.0 Å². The van der Waals surface area contributed by atoms with Gasteiger partial charge in [-0.1, -0.05) is 17.8 Å². The number of nitrogens with one attached hydrogen (secondary N) is 1. The molecule has 7 nitrogen and oxygen atoms in total. The van der Waals surface area contributed by atoms with Gasteiger partial charge in [-0.3, -0.25) is 14.0 Å². The number of anilines is 1. The lowest BCUT2D eigenvalue weighted by molar-refractivity contribution is -0.116. The quantitative estimate of drug-likeness (QED) is 0.730. The lowest BCUT2D eigenvalue weighted by atomic mass is 10.2. The summed E-state index contributed by atoms with van der Waals surface area (Å²) in [7, 11) is 2.01. The number of aryl methyl sites for hydroxylation is 1. The number of carbonyl (C=O) groups is 2. The first kappa shape index (κ1) is 17.7. The Hall–Kier alpha value is -2.65. The number of aromatic nitrogens is 2. The Morgan fingerprint density at radius 1 is 1.41 bits per heavy atom. The van der Waals surface area contributed by atoms with E-state index in [-0.39, 0.29) is 11.8 Å². The number of carbonyl (C=O) groups excluding carboxylic acids is 2. The van der Waals surface area contributed by atoms with Crippen LogP contribution in [0.3, 0.4) is 0 Å². The van der Waals surface area contributed by atoms with E-state index in [0.29, 0.717) is 16.5 Å². The van der Waals surface area contributed by atoms with E-state index in [2.05, 4.69) is 31.6 Å². The van der Waals surface area contributed by atoms with Crippen LogP contribution in [0.5, 0.6) is 0 Å². The van der Waals surface area contributed by atoms with E-state index in [1.54, 1.807) is 23.6 Å². The smallest absolute Gasteiger partial charge is 0.280 e. The first-order valence-electron chi connectivity index (χ1n) is 8.29. The molecule has 1 saturated heterocycles. The van der Waals surface area contributed by atoms with Gasteiger partial charge in [-0.15, -0.1) is 11.3 Å². The molecular formula is C18H17N5O2S2. The molecule has 1 aliphatic heterocycles. The molecule has 0 atom stereocenters. The summed E-state index contributed by atoms with van der Waals surface area (Å²) in [4.78, 5) is 35.7. The van der Waals surface area contributed by atoms with Gasteiger partial charge >= 0.3 is 0 Å². The summed E-state index contributed by atoms with van der Waals surface area (Å²) >= 11 is 2.94. The molecule has 0 aliphatic carbocycles. The average Bonchev–Trinajstić information content (AvgIpc) is 3.34. The molecule has 1 fully saturated rings. The predicted molar refractivity (Wildman–Crippen MR) is 109 cm³/mol. The number of hydrogen-bond donors (Lipinski definition) is 1. The van der Waals surface area contributed by atoms with Gasteiger partial charge in [0.1, 0.15) is 11.5 Å². The van der Waals surface area contributed by atoms with Crippen molar-refractivity contribution in [1.82, 2.24) is 14.7 Å². The van der Waals surface area contributed by atoms with Crippen molar-refractivity contribution >= 4 is 51.5 Å². The fourth-order valence-electron chi connectivity index (χ4n) is 2.99. The van der Waals surface area contributed by atoms with Crippen molar-refractivity contribution in [2.75, 3.05) is 17.7 Å². The second kappa shape index (κ2) is 7.16. The van der Waals surface area contributed by atoms with Crippen LogP contribution in [0.2, 0.25) is 0 Å². The van der Waals surface area contributed by atoms with E-state index >= 15 is 0 Å². The van der Waals surface area contributed by atoms with E-state index < -0.39 is 0 Å². The summed E-state index contributed by atoms with van der Waals surface area (Å²) in [5, 5.41) is 4.98. The minimum Gasteiger partial charge on any atom is -0.354 e. The normalized spacial score (nSPS) is 15.5. The highest BCUT2D eigenvalue weighted by Gasteiger charge is 2.19. The van der Waals surface area contributed by atoms with Crippen LogP contribution in [0.15, 0.2) is 40.8 Å². The molecule has 27 heavy (non-hydrogen) atoms. The van der Waals surface area contributed by atoms with Crippen LogP contribution in [0.4, 0.5) is 5.82 Å².